The molecule has 5 aromatic rings. The Labute approximate surface area is 403 Å². The van der Waals surface area contributed by atoms with Gasteiger partial charge in [-0.15, -0.1) is 0 Å². The number of nitrogens with zero attached hydrogens (tertiary/aromatic N) is 5. The molecule has 3 aliphatic rings. The maximum absolute atomic E-state index is 15.0. The highest BCUT2D eigenvalue weighted by molar-refractivity contribution is 7.90. The Morgan fingerprint density at radius 1 is 1.07 bits per heavy atom. The molecule has 1 aliphatic carbocycles. The van der Waals surface area contributed by atoms with Gasteiger partial charge in [0.1, 0.15) is 22.1 Å². The molecule has 0 bridgehead atoms. The van der Waals surface area contributed by atoms with E-state index in [9.17, 15) is 32.8 Å². The van der Waals surface area contributed by atoms with Crippen molar-refractivity contribution in [2.24, 2.45) is 5.41 Å². The van der Waals surface area contributed by atoms with Crippen LogP contribution in [0.15, 0.2) is 71.9 Å². The van der Waals surface area contributed by atoms with Crippen LogP contribution in [-0.2, 0) is 10.0 Å². The highest BCUT2D eigenvalue weighted by Gasteiger charge is 2.49. The first kappa shape index (κ1) is 49.6. The number of ether oxygens (including phenoxy) is 2. The molecule has 3 atom stereocenters. The molecular weight excluding hydrogens is 904 g/mol. The van der Waals surface area contributed by atoms with Gasteiger partial charge >= 0.3 is 5.69 Å². The zero-order valence-electron chi connectivity index (χ0n) is 40.4. The Balaban J connectivity index is 1.01. The number of fused-ring (bicyclic) bond motifs is 1. The molecule has 3 fully saturated rings. The highest BCUT2D eigenvalue weighted by Crippen LogP contribution is 2.49. The van der Waals surface area contributed by atoms with E-state index >= 15 is 0 Å². The number of unbranched alkanes of at least 4 members (excludes halogenated alkanes) is 1. The standard InChI is InChI=1S/C51H65FN8O8S/c1-7-50(6,62)19-10-11-22-53-47-43(60(63)64)26-35(28-54-47)69(65,66)57-48(61)39-18-17-34(25-44(39)68-45-27-40-41(52)29-55-46(40)56-49(45)67-33(4)5)58-23-20-51(21-24-58)30-59(31-51)42-16-12-15-38(42)37-14-9-8-13-36(37)32(2)3/h8-9,13-14,17-18,25-29,32-33,38,42,62H,7,10-12,15-16,19-24,30-31H2,1-6H3,(H,53,54)(H,55,56)(H,57,61)/t38-,42-,50+/m0/s1. The van der Waals surface area contributed by atoms with E-state index in [1.165, 1.54) is 42.5 Å². The number of anilines is 2. The first-order chi connectivity index (χ1) is 32.9. The number of hydrogen-bond acceptors (Lipinski definition) is 13. The van der Waals surface area contributed by atoms with Crippen molar-refractivity contribution in [1.82, 2.24) is 24.6 Å². The molecule has 1 amide bonds. The lowest BCUT2D eigenvalue weighted by Gasteiger charge is -2.57. The molecule has 69 heavy (non-hydrogen) atoms. The van der Waals surface area contributed by atoms with Crippen molar-refractivity contribution in [1.29, 1.82) is 0 Å². The number of H-pyrrole nitrogens is 1. The molecule has 0 unspecified atom stereocenters. The minimum atomic E-state index is -4.73. The number of pyridine rings is 2. The van der Waals surface area contributed by atoms with Crippen molar-refractivity contribution in [3.05, 3.63) is 99.6 Å². The van der Waals surface area contributed by atoms with Crippen LogP contribution in [0.4, 0.5) is 21.6 Å². The first-order valence-corrected chi connectivity index (χ1v) is 25.8. The fourth-order valence-electron chi connectivity index (χ4n) is 10.3. The molecule has 0 radical (unpaired) electrons. The van der Waals surface area contributed by atoms with Gasteiger partial charge in [-0.25, -0.2) is 22.5 Å². The van der Waals surface area contributed by atoms with Crippen LogP contribution in [0.5, 0.6) is 17.4 Å². The molecule has 2 aromatic carbocycles. The quantitative estimate of drug-likeness (QED) is 0.0346. The number of amides is 1. The predicted octanol–water partition coefficient (Wildman–Crippen LogP) is 9.81. The van der Waals surface area contributed by atoms with Gasteiger partial charge in [-0.3, -0.25) is 19.8 Å². The van der Waals surface area contributed by atoms with Crippen molar-refractivity contribution in [2.45, 2.75) is 134 Å². The minimum absolute atomic E-state index is 0.00389. The van der Waals surface area contributed by atoms with E-state index < -0.39 is 42.9 Å². The van der Waals surface area contributed by atoms with Gasteiger partial charge in [0.15, 0.2) is 5.75 Å². The summed E-state index contributed by atoms with van der Waals surface area (Å²) in [6.07, 6.45) is 9.70. The van der Waals surface area contributed by atoms with Crippen LogP contribution < -0.4 is 24.4 Å². The number of piperidine rings is 1. The number of carbonyl (C=O) groups excluding carboxylic acids is 1. The Morgan fingerprint density at radius 2 is 1.83 bits per heavy atom. The summed E-state index contributed by atoms with van der Waals surface area (Å²) in [5.74, 6) is -0.803. The zero-order valence-corrected chi connectivity index (χ0v) is 41.2. The van der Waals surface area contributed by atoms with Crippen molar-refractivity contribution < 1.29 is 37.1 Å². The maximum atomic E-state index is 15.0. The van der Waals surface area contributed by atoms with E-state index in [-0.39, 0.29) is 51.3 Å². The summed E-state index contributed by atoms with van der Waals surface area (Å²) in [6.45, 7) is 15.7. The molecule has 1 saturated carbocycles. The van der Waals surface area contributed by atoms with Gasteiger partial charge in [-0.05, 0) is 113 Å². The molecule has 5 heterocycles. The second kappa shape index (κ2) is 20.2. The number of likely N-dealkylation sites (tertiary alicyclic amines) is 1. The summed E-state index contributed by atoms with van der Waals surface area (Å²) in [7, 11) is -4.73. The molecule has 2 saturated heterocycles. The monoisotopic (exact) mass is 968 g/mol. The minimum Gasteiger partial charge on any atom is -0.472 e. The topological polar surface area (TPSA) is 205 Å². The van der Waals surface area contributed by atoms with E-state index in [1.54, 1.807) is 32.9 Å². The van der Waals surface area contributed by atoms with Gasteiger partial charge in [0.2, 0.25) is 5.82 Å². The molecule has 4 N–H and O–H groups in total. The average Bonchev–Trinajstić information content (AvgIpc) is 3.94. The second-order valence-electron chi connectivity index (χ2n) is 20.0. The number of nitro groups is 1. The number of carbonyl (C=O) groups is 1. The highest BCUT2D eigenvalue weighted by atomic mass is 32.2. The summed E-state index contributed by atoms with van der Waals surface area (Å²) in [4.78, 5) is 41.2. The number of aromatic amines is 1. The smallest absolute Gasteiger partial charge is 0.312 e. The second-order valence-corrected chi connectivity index (χ2v) is 21.7. The van der Waals surface area contributed by atoms with Gasteiger partial charge in [0.25, 0.3) is 21.8 Å². The van der Waals surface area contributed by atoms with Crippen molar-refractivity contribution >= 4 is 44.2 Å². The number of aromatic nitrogens is 3. The number of nitrogens with one attached hydrogen (secondary N) is 3. The molecule has 1 spiro atoms. The number of sulfonamides is 1. The summed E-state index contributed by atoms with van der Waals surface area (Å²) in [5, 5.41) is 25.4. The third-order valence-corrected chi connectivity index (χ3v) is 15.6. The van der Waals surface area contributed by atoms with Crippen LogP contribution in [0.3, 0.4) is 0 Å². The Kier molecular flexibility index (Phi) is 14.5. The first-order valence-electron chi connectivity index (χ1n) is 24.3. The van der Waals surface area contributed by atoms with Crippen LogP contribution in [0.25, 0.3) is 11.0 Å². The van der Waals surface area contributed by atoms with Gasteiger partial charge < -0.3 is 29.8 Å². The summed E-state index contributed by atoms with van der Waals surface area (Å²) in [5.41, 5.74) is 2.54. The van der Waals surface area contributed by atoms with Crippen LogP contribution in [0.1, 0.15) is 133 Å². The Morgan fingerprint density at radius 3 is 2.54 bits per heavy atom. The van der Waals surface area contributed by atoms with Crippen LogP contribution in [0, 0.1) is 21.3 Å². The fourth-order valence-corrected chi connectivity index (χ4v) is 11.2. The van der Waals surface area contributed by atoms with Gasteiger partial charge in [0, 0.05) is 68.8 Å². The van der Waals surface area contributed by atoms with E-state index in [4.69, 9.17) is 9.47 Å². The average molecular weight is 969 g/mol. The lowest BCUT2D eigenvalue weighted by atomic mass is 9.70. The molecular formula is C51H65FN8O8S. The normalized spacial score (nSPS) is 19.2. The van der Waals surface area contributed by atoms with E-state index in [0.717, 1.165) is 63.2 Å². The predicted molar refractivity (Wildman–Crippen MR) is 263 cm³/mol. The van der Waals surface area contributed by atoms with E-state index in [2.05, 4.69) is 72.9 Å². The summed E-state index contributed by atoms with van der Waals surface area (Å²) >= 11 is 0. The molecule has 8 rings (SSSR count). The van der Waals surface area contributed by atoms with Gasteiger partial charge in [-0.1, -0.05) is 51.5 Å². The van der Waals surface area contributed by atoms with Crippen molar-refractivity contribution in [3.8, 4) is 17.4 Å². The van der Waals surface area contributed by atoms with Crippen LogP contribution in [-0.4, -0.2) is 94.7 Å². The molecule has 18 heteroatoms. The molecule has 2 aliphatic heterocycles. The number of aliphatic hydroxyl groups is 1. The Bertz CT molecular complexity index is 2780. The van der Waals surface area contributed by atoms with Gasteiger partial charge in [0.05, 0.1) is 33.8 Å². The summed E-state index contributed by atoms with van der Waals surface area (Å²) < 4.78 is 57.0. The third kappa shape index (κ3) is 11.0. The molecule has 3 aromatic heterocycles. The molecule has 16 nitrogen and oxygen atoms in total. The van der Waals surface area contributed by atoms with Crippen molar-refractivity contribution in [3.63, 3.8) is 0 Å². The lowest BCUT2D eigenvalue weighted by molar-refractivity contribution is -0.384. The Hall–Kier alpha value is -5.85. The number of rotatable bonds is 19. The van der Waals surface area contributed by atoms with Crippen LogP contribution in [0.2, 0.25) is 0 Å². The number of hydrogen-bond donors (Lipinski definition) is 4. The lowest BCUT2D eigenvalue weighted by Crippen LogP contribution is -2.63. The van der Waals surface area contributed by atoms with Crippen molar-refractivity contribution in [2.75, 3.05) is 42.9 Å². The van der Waals surface area contributed by atoms with E-state index in [1.807, 2.05) is 6.92 Å². The summed E-state index contributed by atoms with van der Waals surface area (Å²) in [6, 6.07) is 16.6. The molecule has 370 valence electrons. The SMILES string of the molecule is CC[C@@](C)(O)CCCCNc1ncc(S(=O)(=O)NC(=O)c2ccc(N3CCC4(CC3)CN([C@H]3CCC[C@H]3c3ccccc3C(C)C)C4)cc2Oc2cc3c(F)c[nH]c3nc2OC(C)C)cc1[N+](=O)[O-]. The van der Waals surface area contributed by atoms with Crippen LogP contribution >= 0.6 is 0 Å². The van der Waals surface area contributed by atoms with E-state index in [0.29, 0.717) is 50.1 Å². The van der Waals surface area contributed by atoms with Gasteiger partial charge in [-0.2, -0.15) is 4.98 Å². The third-order valence-electron chi connectivity index (χ3n) is 14.3. The number of benzene rings is 2. The maximum Gasteiger partial charge on any atom is 0.312 e. The zero-order chi connectivity index (χ0) is 49.3. The largest absolute Gasteiger partial charge is 0.472 e. The fraction of sp³-hybridized carbons (Fsp3) is 0.510. The number of halogens is 1.